The highest BCUT2D eigenvalue weighted by atomic mass is 16.6. The number of hydrogen-bond donors (Lipinski definition) is 2. The number of hydrogen-bond acceptors (Lipinski definition) is 12. The largest absolute Gasteiger partial charge is 0.466 e. The molecular weight excluding hydrogens is 480 g/mol. The smallest absolute Gasteiger partial charge is 0.338 e. The van der Waals surface area contributed by atoms with E-state index in [2.05, 4.69) is 0 Å². The molecule has 0 bridgehead atoms. The molecule has 12 heteroatoms. The van der Waals surface area contributed by atoms with E-state index in [1.54, 1.807) is 0 Å². The monoisotopic (exact) mass is 514 g/mol. The van der Waals surface area contributed by atoms with Gasteiger partial charge in [0.2, 0.25) is 0 Å². The molecule has 1 rings (SSSR count). The highest BCUT2D eigenvalue weighted by molar-refractivity contribution is 5.93. The van der Waals surface area contributed by atoms with E-state index in [0.717, 1.165) is 0 Å². The zero-order chi connectivity index (χ0) is 26.8. The maximum Gasteiger partial charge on any atom is 0.338 e. The van der Waals surface area contributed by atoms with Crippen molar-refractivity contribution in [3.8, 4) is 0 Å². The van der Waals surface area contributed by atoms with E-state index in [9.17, 15) is 19.2 Å². The standard InChI is InChI=1S/C24H34O12/c1-17(27)31-11-7-21(33-13-9-25)15-35-23(29)19-3-5-20(6-4-19)24(30)36-16-22(34-14-10-26)8-12-32-18(2)28/h3-6,21-22,25-26H,7-16H2,1-2H3. The molecule has 0 saturated carbocycles. The van der Waals surface area contributed by atoms with Crippen LogP contribution in [0.3, 0.4) is 0 Å². The Kier molecular flexibility index (Phi) is 15.7. The zero-order valence-electron chi connectivity index (χ0n) is 20.5. The Morgan fingerprint density at radius 1 is 0.639 bits per heavy atom. The third kappa shape index (κ3) is 13.7. The van der Waals surface area contributed by atoms with Gasteiger partial charge < -0.3 is 38.6 Å². The van der Waals surface area contributed by atoms with Crippen molar-refractivity contribution in [1.29, 1.82) is 0 Å². The molecule has 0 heterocycles. The number of benzene rings is 1. The first-order valence-electron chi connectivity index (χ1n) is 11.4. The number of rotatable bonds is 18. The third-order valence-corrected chi connectivity index (χ3v) is 4.54. The average Bonchev–Trinajstić information content (AvgIpc) is 2.85. The Morgan fingerprint density at radius 3 is 1.31 bits per heavy atom. The second-order valence-electron chi connectivity index (χ2n) is 7.46. The van der Waals surface area contributed by atoms with Crippen molar-refractivity contribution in [2.45, 2.75) is 38.9 Å². The predicted octanol–water partition coefficient (Wildman–Crippen LogP) is 0.662. The maximum atomic E-state index is 12.3. The molecule has 0 radical (unpaired) electrons. The highest BCUT2D eigenvalue weighted by Gasteiger charge is 2.17. The second kappa shape index (κ2) is 18.2. The average molecular weight is 515 g/mol. The van der Waals surface area contributed by atoms with Gasteiger partial charge in [0, 0.05) is 26.7 Å². The number of esters is 4. The molecule has 0 aliphatic rings. The van der Waals surface area contributed by atoms with Gasteiger partial charge in [-0.15, -0.1) is 0 Å². The van der Waals surface area contributed by atoms with Gasteiger partial charge in [0.05, 0.1) is 63.0 Å². The van der Waals surface area contributed by atoms with Crippen molar-refractivity contribution in [3.05, 3.63) is 35.4 Å². The van der Waals surface area contributed by atoms with Gasteiger partial charge in [0.25, 0.3) is 0 Å². The fraction of sp³-hybridized carbons (Fsp3) is 0.583. The second-order valence-corrected chi connectivity index (χ2v) is 7.46. The lowest BCUT2D eigenvalue weighted by Gasteiger charge is -2.18. The van der Waals surface area contributed by atoms with Crippen LogP contribution in [0.1, 0.15) is 47.4 Å². The van der Waals surface area contributed by atoms with Gasteiger partial charge in [-0.2, -0.15) is 0 Å². The summed E-state index contributed by atoms with van der Waals surface area (Å²) in [6.45, 7) is 2.12. The van der Waals surface area contributed by atoms with Gasteiger partial charge in [0.1, 0.15) is 13.2 Å². The molecule has 202 valence electrons. The summed E-state index contributed by atoms with van der Waals surface area (Å²) in [5.41, 5.74) is 0.385. The summed E-state index contributed by atoms with van der Waals surface area (Å²) < 4.78 is 31.0. The molecular formula is C24H34O12. The van der Waals surface area contributed by atoms with Gasteiger partial charge in [-0.3, -0.25) is 9.59 Å². The van der Waals surface area contributed by atoms with E-state index in [1.165, 1.54) is 38.1 Å². The first-order chi connectivity index (χ1) is 17.3. The highest BCUT2D eigenvalue weighted by Crippen LogP contribution is 2.10. The fourth-order valence-electron chi connectivity index (χ4n) is 2.78. The molecule has 36 heavy (non-hydrogen) atoms. The summed E-state index contributed by atoms with van der Waals surface area (Å²) in [6.07, 6.45) is -0.587. The van der Waals surface area contributed by atoms with Crippen LogP contribution in [0.5, 0.6) is 0 Å². The van der Waals surface area contributed by atoms with Crippen molar-refractivity contribution in [2.24, 2.45) is 0 Å². The summed E-state index contributed by atoms with van der Waals surface area (Å²) in [7, 11) is 0. The molecule has 0 saturated heterocycles. The SMILES string of the molecule is CC(=O)OCCC(COC(=O)c1ccc(C(=O)OCC(CCOC(C)=O)OCCO)cc1)OCCO. The quantitative estimate of drug-likeness (QED) is 0.208. The van der Waals surface area contributed by atoms with Crippen molar-refractivity contribution < 1.29 is 57.8 Å². The lowest BCUT2D eigenvalue weighted by molar-refractivity contribution is -0.143. The van der Waals surface area contributed by atoms with Crippen LogP contribution in [-0.2, 0) is 38.0 Å². The molecule has 1 aromatic rings. The number of aliphatic hydroxyl groups excluding tert-OH is 2. The normalized spacial score (nSPS) is 12.3. The molecule has 0 amide bonds. The fourth-order valence-corrected chi connectivity index (χ4v) is 2.78. The topological polar surface area (TPSA) is 164 Å². The van der Waals surface area contributed by atoms with E-state index in [1.807, 2.05) is 0 Å². The van der Waals surface area contributed by atoms with Crippen molar-refractivity contribution >= 4 is 23.9 Å². The summed E-state index contributed by atoms with van der Waals surface area (Å²) in [6, 6.07) is 5.62. The Bertz CT molecular complexity index is 741. The Labute approximate surface area is 209 Å². The molecule has 2 N–H and O–H groups in total. The molecule has 0 fully saturated rings. The molecule has 12 nitrogen and oxygen atoms in total. The van der Waals surface area contributed by atoms with Crippen molar-refractivity contribution in [1.82, 2.24) is 0 Å². The first-order valence-corrected chi connectivity index (χ1v) is 11.4. The van der Waals surface area contributed by atoms with Crippen molar-refractivity contribution in [2.75, 3.05) is 52.9 Å². The Morgan fingerprint density at radius 2 is 1.00 bits per heavy atom. The Balaban J connectivity index is 2.57. The van der Waals surface area contributed by atoms with Crippen LogP contribution in [-0.4, -0.2) is 99.2 Å². The van der Waals surface area contributed by atoms with E-state index in [-0.39, 0.29) is 76.8 Å². The molecule has 0 spiro atoms. The predicted molar refractivity (Wildman–Crippen MR) is 123 cm³/mol. The van der Waals surface area contributed by atoms with Crippen LogP contribution in [0.15, 0.2) is 24.3 Å². The van der Waals surface area contributed by atoms with E-state index in [4.69, 9.17) is 38.6 Å². The van der Waals surface area contributed by atoms with Gasteiger partial charge in [-0.1, -0.05) is 0 Å². The molecule has 2 unspecified atom stereocenters. The van der Waals surface area contributed by atoms with Crippen LogP contribution < -0.4 is 0 Å². The molecule has 0 aromatic heterocycles. The number of ether oxygens (including phenoxy) is 6. The van der Waals surface area contributed by atoms with Crippen LogP contribution in [0.25, 0.3) is 0 Å². The summed E-state index contributed by atoms with van der Waals surface area (Å²) in [5.74, 6) is -2.19. The van der Waals surface area contributed by atoms with Gasteiger partial charge >= 0.3 is 23.9 Å². The minimum Gasteiger partial charge on any atom is -0.466 e. The summed E-state index contributed by atoms with van der Waals surface area (Å²) in [5, 5.41) is 17.9. The van der Waals surface area contributed by atoms with Crippen LogP contribution in [0.2, 0.25) is 0 Å². The van der Waals surface area contributed by atoms with Gasteiger partial charge in [-0.25, -0.2) is 9.59 Å². The molecule has 1 aromatic carbocycles. The van der Waals surface area contributed by atoms with Crippen molar-refractivity contribution in [3.63, 3.8) is 0 Å². The van der Waals surface area contributed by atoms with E-state index >= 15 is 0 Å². The number of carbonyl (C=O) groups is 4. The van der Waals surface area contributed by atoms with Gasteiger partial charge in [-0.05, 0) is 24.3 Å². The van der Waals surface area contributed by atoms with E-state index in [0.29, 0.717) is 0 Å². The first kappa shape index (κ1) is 31.0. The molecule has 0 aliphatic heterocycles. The van der Waals surface area contributed by atoms with Crippen LogP contribution in [0, 0.1) is 0 Å². The van der Waals surface area contributed by atoms with Crippen LogP contribution >= 0.6 is 0 Å². The lowest BCUT2D eigenvalue weighted by Crippen LogP contribution is -2.26. The van der Waals surface area contributed by atoms with E-state index < -0.39 is 36.1 Å². The minimum absolute atomic E-state index is 0.0365. The summed E-state index contributed by atoms with van der Waals surface area (Å²) in [4.78, 5) is 46.5. The number of carbonyl (C=O) groups excluding carboxylic acids is 4. The molecule has 2 atom stereocenters. The summed E-state index contributed by atoms with van der Waals surface area (Å²) >= 11 is 0. The third-order valence-electron chi connectivity index (χ3n) is 4.54. The maximum absolute atomic E-state index is 12.3. The van der Waals surface area contributed by atoms with Gasteiger partial charge in [0.15, 0.2) is 0 Å². The number of aliphatic hydroxyl groups is 2. The minimum atomic E-state index is -0.650. The molecule has 0 aliphatic carbocycles. The van der Waals surface area contributed by atoms with Crippen LogP contribution in [0.4, 0.5) is 0 Å². The lowest BCUT2D eigenvalue weighted by atomic mass is 10.1. The Hall–Kier alpha value is -3.06. The zero-order valence-corrected chi connectivity index (χ0v) is 20.5.